The first-order chi connectivity index (χ1) is 12.4. The van der Waals surface area contributed by atoms with E-state index in [9.17, 15) is 18.0 Å². The number of benzene rings is 2. The highest BCUT2D eigenvalue weighted by Gasteiger charge is 2.11. The summed E-state index contributed by atoms with van der Waals surface area (Å²) < 4.78 is 48.1. The normalized spacial score (nSPS) is 11.0. The van der Waals surface area contributed by atoms with E-state index in [1.165, 1.54) is 48.6 Å². The molecule has 26 heavy (non-hydrogen) atoms. The second-order valence-corrected chi connectivity index (χ2v) is 5.35. The second kappa shape index (κ2) is 9.15. The van der Waals surface area contributed by atoms with Crippen molar-refractivity contribution in [1.29, 1.82) is 0 Å². The van der Waals surface area contributed by atoms with Crippen molar-refractivity contribution in [3.8, 4) is 11.5 Å². The Hall–Kier alpha value is -2.67. The van der Waals surface area contributed by atoms with Gasteiger partial charge < -0.3 is 14.8 Å². The molecule has 0 bridgehead atoms. The fourth-order valence-electron chi connectivity index (χ4n) is 2.04. The minimum absolute atomic E-state index is 0.0529. The summed E-state index contributed by atoms with van der Waals surface area (Å²) in [5, 5.41) is 2.25. The summed E-state index contributed by atoms with van der Waals surface area (Å²) in [6.45, 7) is -1.03. The minimum Gasteiger partial charge on any atom is -0.490 e. The summed E-state index contributed by atoms with van der Waals surface area (Å²) in [4.78, 5) is 11.9. The molecule has 1 N–H and O–H groups in total. The molecular weight excluding hydrogens is 371 g/mol. The Morgan fingerprint density at radius 1 is 1.27 bits per heavy atom. The van der Waals surface area contributed by atoms with Crippen molar-refractivity contribution >= 4 is 29.3 Å². The Morgan fingerprint density at radius 3 is 2.73 bits per heavy atom. The molecule has 2 rings (SSSR count). The Morgan fingerprint density at radius 2 is 2.04 bits per heavy atom. The summed E-state index contributed by atoms with van der Waals surface area (Å²) in [5.74, 6) is -1.30. The number of nitrogens with one attached hydrogen (secondary N) is 1. The summed E-state index contributed by atoms with van der Waals surface area (Å²) in [5.41, 5.74) is 0.458. The van der Waals surface area contributed by atoms with Gasteiger partial charge in [-0.1, -0.05) is 23.7 Å². The van der Waals surface area contributed by atoms with Crippen molar-refractivity contribution in [3.63, 3.8) is 0 Å². The zero-order valence-corrected chi connectivity index (χ0v) is 14.4. The highest BCUT2D eigenvalue weighted by Crippen LogP contribution is 2.30. The lowest BCUT2D eigenvalue weighted by molar-refractivity contribution is -0.111. The standard InChI is InChI=1S/C18H15ClF3NO3/c1-2-25-15-10-11(6-8-14(15)26-18(21)22)7-9-16(24)23-13-5-3-4-12(19)17(13)20/h3-10,18H,2H2,1H3,(H,23,24)/b9-7+. The van der Waals surface area contributed by atoms with Gasteiger partial charge in [-0.05, 0) is 42.8 Å². The van der Waals surface area contributed by atoms with Crippen molar-refractivity contribution in [2.24, 2.45) is 0 Å². The van der Waals surface area contributed by atoms with Gasteiger partial charge in [0.1, 0.15) is 0 Å². The van der Waals surface area contributed by atoms with Crippen molar-refractivity contribution in [3.05, 3.63) is 58.9 Å². The number of amides is 1. The third-order valence-electron chi connectivity index (χ3n) is 3.12. The number of carbonyl (C=O) groups is 1. The molecule has 2 aromatic rings. The first kappa shape index (κ1) is 19.7. The molecular formula is C18H15ClF3NO3. The SMILES string of the molecule is CCOc1cc(/C=C/C(=O)Nc2cccc(Cl)c2F)ccc1OC(F)F. The number of anilines is 1. The predicted octanol–water partition coefficient (Wildman–Crippen LogP) is 5.13. The molecule has 0 spiro atoms. The van der Waals surface area contributed by atoms with E-state index in [1.807, 2.05) is 0 Å². The smallest absolute Gasteiger partial charge is 0.387 e. The van der Waals surface area contributed by atoms with Gasteiger partial charge in [0.2, 0.25) is 5.91 Å². The maximum Gasteiger partial charge on any atom is 0.387 e. The number of carbonyl (C=O) groups excluding carboxylic acids is 1. The average molecular weight is 386 g/mol. The van der Waals surface area contributed by atoms with E-state index >= 15 is 0 Å². The van der Waals surface area contributed by atoms with Crippen LogP contribution < -0.4 is 14.8 Å². The first-order valence-electron chi connectivity index (χ1n) is 7.55. The molecule has 0 unspecified atom stereocenters. The molecule has 4 nitrogen and oxygen atoms in total. The van der Waals surface area contributed by atoms with Gasteiger partial charge in [-0.2, -0.15) is 8.78 Å². The van der Waals surface area contributed by atoms with E-state index in [2.05, 4.69) is 10.1 Å². The number of rotatable bonds is 7. The molecule has 0 radical (unpaired) electrons. The Bertz CT molecular complexity index is 812. The average Bonchev–Trinajstić information content (AvgIpc) is 2.59. The summed E-state index contributed by atoms with van der Waals surface area (Å²) in [7, 11) is 0. The molecule has 0 atom stereocenters. The molecule has 138 valence electrons. The first-order valence-corrected chi connectivity index (χ1v) is 7.93. The second-order valence-electron chi connectivity index (χ2n) is 4.94. The van der Waals surface area contributed by atoms with Crippen LogP contribution in [0.25, 0.3) is 6.08 Å². The maximum absolute atomic E-state index is 13.7. The van der Waals surface area contributed by atoms with Crippen molar-refractivity contribution in [2.45, 2.75) is 13.5 Å². The number of alkyl halides is 2. The largest absolute Gasteiger partial charge is 0.490 e. The molecule has 0 aromatic heterocycles. The Balaban J connectivity index is 2.12. The lowest BCUT2D eigenvalue weighted by atomic mass is 10.2. The van der Waals surface area contributed by atoms with E-state index in [4.69, 9.17) is 16.3 Å². The van der Waals surface area contributed by atoms with Gasteiger partial charge in [-0.25, -0.2) is 4.39 Å². The van der Waals surface area contributed by atoms with Gasteiger partial charge in [0.05, 0.1) is 17.3 Å². The van der Waals surface area contributed by atoms with Gasteiger partial charge in [0, 0.05) is 6.08 Å². The van der Waals surface area contributed by atoms with Crippen LogP contribution in [0.3, 0.4) is 0 Å². The van der Waals surface area contributed by atoms with Crippen LogP contribution in [0.1, 0.15) is 12.5 Å². The van der Waals surface area contributed by atoms with Crippen molar-refractivity contribution in [2.75, 3.05) is 11.9 Å². The van der Waals surface area contributed by atoms with Gasteiger partial charge in [-0.3, -0.25) is 4.79 Å². The van der Waals surface area contributed by atoms with Gasteiger partial charge in [0.15, 0.2) is 17.3 Å². The third kappa shape index (κ3) is 5.42. The lowest BCUT2D eigenvalue weighted by Gasteiger charge is -2.11. The van der Waals surface area contributed by atoms with Crippen LogP contribution in [0.4, 0.5) is 18.9 Å². The van der Waals surface area contributed by atoms with E-state index in [0.29, 0.717) is 5.56 Å². The van der Waals surface area contributed by atoms with Crippen LogP contribution in [0.5, 0.6) is 11.5 Å². The molecule has 0 saturated heterocycles. The van der Waals surface area contributed by atoms with E-state index in [1.54, 1.807) is 6.92 Å². The highest BCUT2D eigenvalue weighted by molar-refractivity contribution is 6.31. The van der Waals surface area contributed by atoms with E-state index in [-0.39, 0.29) is 28.8 Å². The Labute approximate surface area is 153 Å². The zero-order chi connectivity index (χ0) is 19.1. The zero-order valence-electron chi connectivity index (χ0n) is 13.6. The number of ether oxygens (including phenoxy) is 2. The van der Waals surface area contributed by atoms with Crippen LogP contribution in [-0.2, 0) is 4.79 Å². The molecule has 0 fully saturated rings. The van der Waals surface area contributed by atoms with Crippen LogP contribution in [0, 0.1) is 5.82 Å². The van der Waals surface area contributed by atoms with Crippen LogP contribution in [0.15, 0.2) is 42.5 Å². The van der Waals surface area contributed by atoms with E-state index in [0.717, 1.165) is 0 Å². The molecule has 0 aliphatic carbocycles. The van der Waals surface area contributed by atoms with Gasteiger partial charge >= 0.3 is 6.61 Å². The predicted molar refractivity (Wildman–Crippen MR) is 93.3 cm³/mol. The molecule has 1 amide bonds. The Kier molecular flexibility index (Phi) is 6.91. The van der Waals surface area contributed by atoms with Crippen LogP contribution >= 0.6 is 11.6 Å². The fraction of sp³-hybridized carbons (Fsp3) is 0.167. The molecule has 0 saturated carbocycles. The highest BCUT2D eigenvalue weighted by atomic mass is 35.5. The third-order valence-corrected chi connectivity index (χ3v) is 3.41. The monoisotopic (exact) mass is 385 g/mol. The van der Waals surface area contributed by atoms with Gasteiger partial charge in [0.25, 0.3) is 0 Å². The molecule has 8 heteroatoms. The minimum atomic E-state index is -2.98. The fourth-order valence-corrected chi connectivity index (χ4v) is 2.21. The molecule has 2 aromatic carbocycles. The van der Waals surface area contributed by atoms with Crippen molar-refractivity contribution < 1.29 is 27.4 Å². The van der Waals surface area contributed by atoms with Crippen molar-refractivity contribution in [1.82, 2.24) is 0 Å². The summed E-state index contributed by atoms with van der Waals surface area (Å²) in [6.07, 6.45) is 2.59. The number of hydrogen-bond acceptors (Lipinski definition) is 3. The quantitative estimate of drug-likeness (QED) is 0.672. The lowest BCUT2D eigenvalue weighted by Crippen LogP contribution is -2.09. The van der Waals surface area contributed by atoms with E-state index < -0.39 is 18.3 Å². The maximum atomic E-state index is 13.7. The summed E-state index contributed by atoms with van der Waals surface area (Å²) >= 11 is 5.64. The molecule has 0 aliphatic heterocycles. The topological polar surface area (TPSA) is 47.6 Å². The molecule has 0 heterocycles. The van der Waals surface area contributed by atoms with Gasteiger partial charge in [-0.15, -0.1) is 0 Å². The van der Waals surface area contributed by atoms with Crippen LogP contribution in [-0.4, -0.2) is 19.1 Å². The number of hydrogen-bond donors (Lipinski definition) is 1. The number of halogens is 4. The van der Waals surface area contributed by atoms with Crippen LogP contribution in [0.2, 0.25) is 5.02 Å². The summed E-state index contributed by atoms with van der Waals surface area (Å²) in [6, 6.07) is 8.47. The molecule has 0 aliphatic rings.